The van der Waals surface area contributed by atoms with E-state index in [0.717, 1.165) is 30.4 Å². The van der Waals surface area contributed by atoms with Crippen LogP contribution in [0.5, 0.6) is 11.5 Å². The van der Waals surface area contributed by atoms with E-state index in [9.17, 15) is 18.0 Å². The number of rotatable bonds is 7. The maximum atomic E-state index is 13.3. The summed E-state index contributed by atoms with van der Waals surface area (Å²) in [6.45, 7) is 5.17. The molecule has 0 aliphatic carbocycles. The van der Waals surface area contributed by atoms with Crippen molar-refractivity contribution in [3.05, 3.63) is 46.8 Å². The largest absolute Gasteiger partial charge is 0.486 e. The van der Waals surface area contributed by atoms with E-state index in [1.54, 1.807) is 21.9 Å². The molecule has 2 aliphatic rings. The van der Waals surface area contributed by atoms with Gasteiger partial charge in [-0.1, -0.05) is 24.7 Å². The second-order valence-electron chi connectivity index (χ2n) is 9.35. The van der Waals surface area contributed by atoms with Crippen molar-refractivity contribution < 1.29 is 32.2 Å². The molecule has 1 saturated heterocycles. The zero-order valence-corrected chi connectivity index (χ0v) is 23.6. The monoisotopic (exact) mass is 573 g/mol. The molecule has 1 amide bonds. The van der Waals surface area contributed by atoms with Gasteiger partial charge in [0.1, 0.15) is 19.8 Å². The summed E-state index contributed by atoms with van der Waals surface area (Å²) >= 11 is 1.24. The van der Waals surface area contributed by atoms with Crippen LogP contribution in [-0.2, 0) is 26.1 Å². The van der Waals surface area contributed by atoms with Crippen LogP contribution in [-0.4, -0.2) is 61.6 Å². The third-order valence-electron chi connectivity index (χ3n) is 6.89. The van der Waals surface area contributed by atoms with Gasteiger partial charge in [-0.15, -0.1) is 0 Å². The predicted molar refractivity (Wildman–Crippen MR) is 146 cm³/mol. The lowest BCUT2D eigenvalue weighted by atomic mass is 10.0. The Morgan fingerprint density at radius 1 is 1.08 bits per heavy atom. The molecule has 0 bridgehead atoms. The normalized spacial score (nSPS) is 18.3. The Morgan fingerprint density at radius 2 is 1.79 bits per heavy atom. The molecule has 1 unspecified atom stereocenters. The SMILES string of the molecule is CCOC(=O)Cn1c(=NC(=O)c2ccc(S(=O)(=O)N3CCCCC3CC)cc2)sc2cc3c(cc21)OCCO3. The first-order chi connectivity index (χ1) is 18.8. The number of hydrogen-bond donors (Lipinski definition) is 0. The molecule has 2 aliphatic heterocycles. The lowest BCUT2D eigenvalue weighted by Crippen LogP contribution is -2.43. The molecule has 0 radical (unpaired) electrons. The summed E-state index contributed by atoms with van der Waals surface area (Å²) in [6, 6.07) is 9.44. The number of aromatic nitrogens is 1. The summed E-state index contributed by atoms with van der Waals surface area (Å²) in [5.74, 6) is 0.133. The molecule has 12 heteroatoms. The Morgan fingerprint density at radius 3 is 2.49 bits per heavy atom. The van der Waals surface area contributed by atoms with Gasteiger partial charge in [0.25, 0.3) is 5.91 Å². The van der Waals surface area contributed by atoms with E-state index in [4.69, 9.17) is 14.2 Å². The quantitative estimate of drug-likeness (QED) is 0.396. The first-order valence-corrected chi connectivity index (χ1v) is 15.4. The Hall–Kier alpha value is -3.22. The molecule has 0 saturated carbocycles. The summed E-state index contributed by atoms with van der Waals surface area (Å²) in [7, 11) is -3.66. The molecule has 208 valence electrons. The van der Waals surface area contributed by atoms with Gasteiger partial charge in [-0.05, 0) is 50.5 Å². The van der Waals surface area contributed by atoms with Crippen LogP contribution in [0.1, 0.15) is 49.9 Å². The molecule has 0 N–H and O–H groups in total. The van der Waals surface area contributed by atoms with Crippen LogP contribution in [0.4, 0.5) is 0 Å². The summed E-state index contributed by atoms with van der Waals surface area (Å²) in [6.07, 6.45) is 3.48. The molecule has 1 fully saturated rings. The average Bonchev–Trinajstić information content (AvgIpc) is 3.26. The average molecular weight is 574 g/mol. The number of carbonyl (C=O) groups is 2. The van der Waals surface area contributed by atoms with Gasteiger partial charge in [0.15, 0.2) is 16.3 Å². The van der Waals surface area contributed by atoms with Gasteiger partial charge in [0.05, 0.1) is 21.7 Å². The van der Waals surface area contributed by atoms with E-state index in [-0.39, 0.29) is 29.7 Å². The topological polar surface area (TPSA) is 117 Å². The second-order valence-corrected chi connectivity index (χ2v) is 12.3. The Labute approximate surface area is 230 Å². The van der Waals surface area contributed by atoms with E-state index >= 15 is 0 Å². The summed E-state index contributed by atoms with van der Waals surface area (Å²) in [4.78, 5) is 30.3. The highest BCUT2D eigenvalue weighted by Crippen LogP contribution is 2.35. The number of amides is 1. The fraction of sp³-hybridized carbons (Fsp3) is 0.444. The minimum atomic E-state index is -3.66. The molecule has 3 heterocycles. The van der Waals surface area contributed by atoms with Gasteiger partial charge < -0.3 is 18.8 Å². The van der Waals surface area contributed by atoms with Gasteiger partial charge in [0, 0.05) is 30.3 Å². The Bertz CT molecular complexity index is 1560. The van der Waals surface area contributed by atoms with Gasteiger partial charge in [-0.25, -0.2) is 8.42 Å². The molecule has 1 atom stereocenters. The van der Waals surface area contributed by atoms with Gasteiger partial charge >= 0.3 is 5.97 Å². The number of esters is 1. The van der Waals surface area contributed by atoms with Crippen molar-refractivity contribution in [1.29, 1.82) is 0 Å². The molecule has 3 aromatic rings. The second kappa shape index (κ2) is 11.5. The first-order valence-electron chi connectivity index (χ1n) is 13.1. The van der Waals surface area contributed by atoms with Gasteiger partial charge in [-0.3, -0.25) is 9.59 Å². The van der Waals surface area contributed by atoms with Crippen LogP contribution < -0.4 is 14.3 Å². The smallest absolute Gasteiger partial charge is 0.326 e. The third-order valence-corrected chi connectivity index (χ3v) is 9.90. The molecule has 5 rings (SSSR count). The lowest BCUT2D eigenvalue weighted by molar-refractivity contribution is -0.143. The molecule has 0 spiro atoms. The van der Waals surface area contributed by atoms with Crippen molar-refractivity contribution in [3.63, 3.8) is 0 Å². The standard InChI is InChI=1S/C27H31N3O7S2/c1-3-19-7-5-6-12-30(19)39(33,34)20-10-8-18(9-11-20)26(32)28-27-29(17-25(31)35-4-2)21-15-22-23(16-24(21)38-27)37-14-13-36-22/h8-11,15-16,19H,3-7,12-14,17H2,1-2H3. The molecule has 2 aromatic carbocycles. The van der Waals surface area contributed by atoms with Crippen molar-refractivity contribution in [1.82, 2.24) is 8.87 Å². The third kappa shape index (κ3) is 5.59. The number of ether oxygens (including phenoxy) is 3. The highest BCUT2D eigenvalue weighted by molar-refractivity contribution is 7.89. The van der Waals surface area contributed by atoms with Crippen LogP contribution in [0.25, 0.3) is 10.2 Å². The molecule has 39 heavy (non-hydrogen) atoms. The molecule has 10 nitrogen and oxygen atoms in total. The van der Waals surface area contributed by atoms with E-state index in [2.05, 4.69) is 4.99 Å². The van der Waals surface area contributed by atoms with Crippen molar-refractivity contribution >= 4 is 43.5 Å². The zero-order chi connectivity index (χ0) is 27.6. The number of piperidine rings is 1. The molecular formula is C27H31N3O7S2. The van der Waals surface area contributed by atoms with Crippen LogP contribution >= 0.6 is 11.3 Å². The fourth-order valence-electron chi connectivity index (χ4n) is 4.93. The highest BCUT2D eigenvalue weighted by atomic mass is 32.2. The van der Waals surface area contributed by atoms with E-state index in [1.165, 1.54) is 35.6 Å². The number of benzene rings is 2. The maximum absolute atomic E-state index is 13.3. The number of fused-ring (bicyclic) bond motifs is 2. The number of nitrogens with zero attached hydrogens (tertiary/aromatic N) is 3. The number of hydrogen-bond acceptors (Lipinski definition) is 8. The fourth-order valence-corrected chi connectivity index (χ4v) is 7.74. The van der Waals surface area contributed by atoms with E-state index < -0.39 is 21.9 Å². The Balaban J connectivity index is 1.48. The van der Waals surface area contributed by atoms with Crippen LogP contribution in [0.15, 0.2) is 46.3 Å². The maximum Gasteiger partial charge on any atom is 0.326 e. The van der Waals surface area contributed by atoms with Crippen LogP contribution in [0, 0.1) is 0 Å². The van der Waals surface area contributed by atoms with Crippen molar-refractivity contribution in [2.45, 2.75) is 57.0 Å². The van der Waals surface area contributed by atoms with Crippen molar-refractivity contribution in [2.24, 2.45) is 4.99 Å². The van der Waals surface area contributed by atoms with Gasteiger partial charge in [0.2, 0.25) is 10.0 Å². The first kappa shape index (κ1) is 27.4. The predicted octanol–water partition coefficient (Wildman–Crippen LogP) is 3.73. The van der Waals surface area contributed by atoms with Gasteiger partial charge in [-0.2, -0.15) is 9.30 Å². The van der Waals surface area contributed by atoms with E-state index in [1.807, 2.05) is 13.0 Å². The number of carbonyl (C=O) groups excluding carboxylic acids is 2. The van der Waals surface area contributed by atoms with Crippen LogP contribution in [0.3, 0.4) is 0 Å². The van der Waals surface area contributed by atoms with Crippen LogP contribution in [0.2, 0.25) is 0 Å². The number of sulfonamides is 1. The molecular weight excluding hydrogens is 542 g/mol. The summed E-state index contributed by atoms with van der Waals surface area (Å²) < 4.78 is 47.1. The number of thiazole rings is 1. The van der Waals surface area contributed by atoms with Crippen molar-refractivity contribution in [2.75, 3.05) is 26.4 Å². The minimum absolute atomic E-state index is 0.00988. The molecule has 1 aromatic heterocycles. The van der Waals surface area contributed by atoms with Crippen molar-refractivity contribution in [3.8, 4) is 11.5 Å². The highest BCUT2D eigenvalue weighted by Gasteiger charge is 2.32. The minimum Gasteiger partial charge on any atom is -0.486 e. The zero-order valence-electron chi connectivity index (χ0n) is 21.9. The summed E-state index contributed by atoms with van der Waals surface area (Å²) in [5.41, 5.74) is 0.906. The lowest BCUT2D eigenvalue weighted by Gasteiger charge is -2.34. The summed E-state index contributed by atoms with van der Waals surface area (Å²) in [5, 5.41) is 0. The Kier molecular flexibility index (Phi) is 8.06. The van der Waals surface area contributed by atoms with E-state index in [0.29, 0.717) is 41.6 Å².